The van der Waals surface area contributed by atoms with Gasteiger partial charge < -0.3 is 5.11 Å². The molecule has 0 heterocycles. The summed E-state index contributed by atoms with van der Waals surface area (Å²) in [5.74, 6) is 0.137. The van der Waals surface area contributed by atoms with Gasteiger partial charge in [0.05, 0.1) is 0 Å². The highest BCUT2D eigenvalue weighted by Crippen LogP contribution is 2.69. The Hall–Kier alpha value is -1.03. The van der Waals surface area contributed by atoms with Gasteiger partial charge in [-0.15, -0.1) is 0 Å². The van der Waals surface area contributed by atoms with Crippen LogP contribution in [0.5, 0.6) is 0 Å². The topological polar surface area (TPSA) is 54.4 Å². The van der Waals surface area contributed by atoms with Crippen LogP contribution in [-0.4, -0.2) is 28.9 Å². The molecular formula is C21H29FO3. The number of carbonyl (C=O) groups excluding carboxylic acids is 2. The first-order chi connectivity index (χ1) is 11.8. The number of halogens is 1. The van der Waals surface area contributed by atoms with Gasteiger partial charge in [0, 0.05) is 17.8 Å². The molecule has 0 aromatic heterocycles. The van der Waals surface area contributed by atoms with Crippen molar-refractivity contribution in [1.29, 1.82) is 0 Å². The number of allylic oxidation sites excluding steroid dienone is 1. The second-order valence-electron chi connectivity index (χ2n) is 9.34. The molecule has 0 saturated heterocycles. The van der Waals surface area contributed by atoms with Gasteiger partial charge >= 0.3 is 0 Å². The van der Waals surface area contributed by atoms with Gasteiger partial charge in [0.1, 0.15) is 12.3 Å². The number of Topliss-reactive ketones (excluding diaryl/α,β-unsaturated/α-hetero) is 1. The van der Waals surface area contributed by atoms with Crippen molar-refractivity contribution in [1.82, 2.24) is 0 Å². The first-order valence-electron chi connectivity index (χ1n) is 9.82. The third-order valence-corrected chi connectivity index (χ3v) is 8.61. The van der Waals surface area contributed by atoms with Crippen molar-refractivity contribution < 1.29 is 19.1 Å². The average Bonchev–Trinajstić information content (AvgIpc) is 2.93. The van der Waals surface area contributed by atoms with E-state index in [9.17, 15) is 14.7 Å². The summed E-state index contributed by atoms with van der Waals surface area (Å²) in [5.41, 5.74) is -0.946. The van der Waals surface area contributed by atoms with Gasteiger partial charge in [-0.3, -0.25) is 9.59 Å². The van der Waals surface area contributed by atoms with Gasteiger partial charge in [-0.25, -0.2) is 4.39 Å². The van der Waals surface area contributed by atoms with Crippen molar-refractivity contribution >= 4 is 11.6 Å². The fourth-order valence-electron chi connectivity index (χ4n) is 7.09. The average molecular weight is 348 g/mol. The lowest BCUT2D eigenvalue weighted by Crippen LogP contribution is -2.61. The largest absolute Gasteiger partial charge is 0.389 e. The van der Waals surface area contributed by atoms with E-state index in [2.05, 4.69) is 6.92 Å². The molecule has 138 valence electrons. The van der Waals surface area contributed by atoms with Crippen LogP contribution >= 0.6 is 0 Å². The SMILES string of the molecule is C[C@]12CC[C@@]3(F)[C@@H](CCC4=CC(=O)CC[C@@]43C)[C@@H]1CC[C@@H]2C(=O)CO. The van der Waals surface area contributed by atoms with Gasteiger partial charge in [-0.05, 0) is 68.3 Å². The summed E-state index contributed by atoms with van der Waals surface area (Å²) < 4.78 is 16.6. The van der Waals surface area contributed by atoms with Crippen molar-refractivity contribution in [2.75, 3.05) is 6.61 Å². The number of aliphatic hydroxyl groups excluding tert-OH is 1. The molecule has 0 amide bonds. The zero-order chi connectivity index (χ0) is 18.0. The number of alkyl halides is 1. The number of ketones is 2. The van der Waals surface area contributed by atoms with E-state index in [0.29, 0.717) is 25.7 Å². The van der Waals surface area contributed by atoms with E-state index in [-0.39, 0.29) is 34.7 Å². The minimum Gasteiger partial charge on any atom is -0.389 e. The molecule has 0 bridgehead atoms. The quantitative estimate of drug-likeness (QED) is 0.826. The van der Waals surface area contributed by atoms with Crippen LogP contribution in [0.25, 0.3) is 0 Å². The zero-order valence-electron chi connectivity index (χ0n) is 15.3. The van der Waals surface area contributed by atoms with Gasteiger partial charge in [-0.2, -0.15) is 0 Å². The Bertz CT molecular complexity index is 656. The molecule has 0 aromatic carbocycles. The maximum absolute atomic E-state index is 16.6. The van der Waals surface area contributed by atoms with Gasteiger partial charge in [-0.1, -0.05) is 19.4 Å². The normalized spacial score (nSPS) is 49.0. The highest BCUT2D eigenvalue weighted by Gasteiger charge is 2.67. The second kappa shape index (κ2) is 5.48. The lowest BCUT2D eigenvalue weighted by molar-refractivity contribution is -0.154. The summed E-state index contributed by atoms with van der Waals surface area (Å²) in [7, 11) is 0. The maximum Gasteiger partial charge on any atom is 0.161 e. The monoisotopic (exact) mass is 348 g/mol. The molecule has 6 atom stereocenters. The molecule has 4 rings (SSSR count). The number of hydrogen-bond donors (Lipinski definition) is 1. The molecule has 25 heavy (non-hydrogen) atoms. The summed E-state index contributed by atoms with van der Waals surface area (Å²) in [5, 5.41) is 9.34. The van der Waals surface area contributed by atoms with Crippen LogP contribution in [-0.2, 0) is 9.59 Å². The molecule has 0 spiro atoms. The maximum atomic E-state index is 16.6. The predicted octanol–water partition coefficient (Wildman–Crippen LogP) is 3.79. The third kappa shape index (κ3) is 2.12. The Morgan fingerprint density at radius 1 is 1.16 bits per heavy atom. The van der Waals surface area contributed by atoms with E-state index in [1.165, 1.54) is 0 Å². The molecule has 3 fully saturated rings. The van der Waals surface area contributed by atoms with Crippen LogP contribution in [0.2, 0.25) is 0 Å². The number of aliphatic hydroxyl groups is 1. The molecule has 3 nitrogen and oxygen atoms in total. The van der Waals surface area contributed by atoms with E-state index in [1.54, 1.807) is 6.08 Å². The van der Waals surface area contributed by atoms with Crippen LogP contribution in [0.4, 0.5) is 4.39 Å². The van der Waals surface area contributed by atoms with Crippen molar-refractivity contribution in [2.45, 2.75) is 70.9 Å². The van der Waals surface area contributed by atoms with Crippen molar-refractivity contribution in [3.63, 3.8) is 0 Å². The van der Waals surface area contributed by atoms with E-state index in [4.69, 9.17) is 0 Å². The van der Waals surface area contributed by atoms with E-state index >= 15 is 4.39 Å². The van der Waals surface area contributed by atoms with Crippen molar-refractivity contribution in [3.05, 3.63) is 11.6 Å². The van der Waals surface area contributed by atoms with Crippen molar-refractivity contribution in [3.8, 4) is 0 Å². The fourth-order valence-corrected chi connectivity index (χ4v) is 7.09. The summed E-state index contributed by atoms with van der Waals surface area (Å²) in [6.45, 7) is 3.79. The summed E-state index contributed by atoms with van der Waals surface area (Å²) in [4.78, 5) is 24.1. The van der Waals surface area contributed by atoms with Crippen LogP contribution < -0.4 is 0 Å². The molecule has 0 aromatic rings. The van der Waals surface area contributed by atoms with Gasteiger partial charge in [0.25, 0.3) is 0 Å². The molecule has 4 heteroatoms. The second-order valence-corrected chi connectivity index (χ2v) is 9.34. The van der Waals surface area contributed by atoms with E-state index in [1.807, 2.05) is 6.92 Å². The molecule has 4 aliphatic rings. The van der Waals surface area contributed by atoms with E-state index < -0.39 is 17.7 Å². The Morgan fingerprint density at radius 3 is 2.64 bits per heavy atom. The van der Waals surface area contributed by atoms with Crippen LogP contribution in [0.15, 0.2) is 11.6 Å². The Labute approximate surface area is 149 Å². The summed E-state index contributed by atoms with van der Waals surface area (Å²) in [6.07, 6.45) is 7.23. The lowest BCUT2D eigenvalue weighted by atomic mass is 9.45. The molecule has 4 aliphatic carbocycles. The van der Waals surface area contributed by atoms with Gasteiger partial charge in [0.2, 0.25) is 0 Å². The smallest absolute Gasteiger partial charge is 0.161 e. The van der Waals surface area contributed by atoms with Gasteiger partial charge in [0.15, 0.2) is 11.6 Å². The van der Waals surface area contributed by atoms with Crippen LogP contribution in [0, 0.1) is 28.6 Å². The van der Waals surface area contributed by atoms with Crippen molar-refractivity contribution in [2.24, 2.45) is 28.6 Å². The number of hydrogen-bond acceptors (Lipinski definition) is 3. The first-order valence-corrected chi connectivity index (χ1v) is 9.82. The summed E-state index contributed by atoms with van der Waals surface area (Å²) >= 11 is 0. The molecular weight excluding hydrogens is 319 g/mol. The molecule has 1 N–H and O–H groups in total. The first kappa shape index (κ1) is 17.4. The minimum absolute atomic E-state index is 0.0295. The number of rotatable bonds is 2. The molecule has 0 aliphatic heterocycles. The molecule has 0 radical (unpaired) electrons. The number of carbonyl (C=O) groups is 2. The van der Waals surface area contributed by atoms with Crippen LogP contribution in [0.3, 0.4) is 0 Å². The Balaban J connectivity index is 1.71. The highest BCUT2D eigenvalue weighted by molar-refractivity contribution is 5.91. The highest BCUT2D eigenvalue weighted by atomic mass is 19.1. The predicted molar refractivity (Wildman–Crippen MR) is 92.6 cm³/mol. The lowest BCUT2D eigenvalue weighted by Gasteiger charge is -2.61. The third-order valence-electron chi connectivity index (χ3n) is 8.61. The van der Waals surface area contributed by atoms with E-state index in [0.717, 1.165) is 31.3 Å². The summed E-state index contributed by atoms with van der Waals surface area (Å²) in [6, 6.07) is 0. The Morgan fingerprint density at radius 2 is 1.92 bits per heavy atom. The Kier molecular flexibility index (Phi) is 3.81. The fraction of sp³-hybridized carbons (Fsp3) is 0.810. The minimum atomic E-state index is -1.26. The van der Waals surface area contributed by atoms with Crippen LogP contribution in [0.1, 0.15) is 65.2 Å². The molecule has 0 unspecified atom stereocenters. The number of fused-ring (bicyclic) bond motifs is 5. The zero-order valence-corrected chi connectivity index (χ0v) is 15.3. The molecule has 3 saturated carbocycles. The standard InChI is InChI=1S/C21H29FO3/c1-19-9-10-21(22)16(15(19)5-6-17(19)18(25)12-23)4-3-13-11-14(24)7-8-20(13,21)2/h11,15-17,23H,3-10,12H2,1-2H3/t15-,16-,17+,19-,20-,21+/m0/s1.